The number of morpholine rings is 1. The number of aromatic nitrogens is 1. The van der Waals surface area contributed by atoms with Crippen LogP contribution in [-0.2, 0) is 4.74 Å². The second-order valence-electron chi connectivity index (χ2n) is 6.70. The van der Waals surface area contributed by atoms with Gasteiger partial charge in [0.15, 0.2) is 0 Å². The number of benzene rings is 2. The number of nitrogens with one attached hydrogen (secondary N) is 1. The van der Waals surface area contributed by atoms with Crippen molar-refractivity contribution in [3.05, 3.63) is 59.3 Å². The van der Waals surface area contributed by atoms with Crippen molar-refractivity contribution in [3.63, 3.8) is 0 Å². The van der Waals surface area contributed by atoms with Crippen LogP contribution >= 0.6 is 11.3 Å². The first-order chi connectivity index (χ1) is 14.2. The minimum Gasteiger partial charge on any atom is -0.449 e. The summed E-state index contributed by atoms with van der Waals surface area (Å²) >= 11 is 1.47. The molecular weight excluding hydrogens is 390 g/mol. The van der Waals surface area contributed by atoms with Crippen molar-refractivity contribution >= 4 is 50.0 Å². The van der Waals surface area contributed by atoms with Crippen LogP contribution in [0.4, 0.5) is 5.69 Å². The lowest BCUT2D eigenvalue weighted by atomic mass is 10.1. The summed E-state index contributed by atoms with van der Waals surface area (Å²) in [7, 11) is 0. The van der Waals surface area contributed by atoms with Crippen LogP contribution in [0.25, 0.3) is 21.2 Å². The maximum absolute atomic E-state index is 13.1. The number of furan rings is 1. The van der Waals surface area contributed by atoms with E-state index >= 15 is 0 Å². The Bertz CT molecular complexity index is 1220. The molecule has 2 amide bonds. The molecule has 7 nitrogen and oxygen atoms in total. The molecule has 146 valence electrons. The Labute approximate surface area is 169 Å². The highest BCUT2D eigenvalue weighted by Crippen LogP contribution is 2.32. The molecule has 0 saturated carbocycles. The van der Waals surface area contributed by atoms with Gasteiger partial charge in [0, 0.05) is 24.0 Å². The fourth-order valence-electron chi connectivity index (χ4n) is 3.41. The van der Waals surface area contributed by atoms with E-state index in [4.69, 9.17) is 9.15 Å². The van der Waals surface area contributed by atoms with E-state index in [9.17, 15) is 9.59 Å². The molecule has 5 rings (SSSR count). The molecule has 2 aromatic heterocycles. The highest BCUT2D eigenvalue weighted by molar-refractivity contribution is 7.16. The third-order valence-electron chi connectivity index (χ3n) is 4.92. The van der Waals surface area contributed by atoms with Crippen molar-refractivity contribution in [2.75, 3.05) is 31.6 Å². The molecule has 4 aromatic rings. The molecule has 1 aliphatic rings. The number of fused-ring (bicyclic) bond motifs is 2. The SMILES string of the molecule is O=C(Nc1c(C(=O)N2CCOCC2)oc2ccccc12)c1ccc2ncsc2c1. The molecular formula is C21H17N3O4S. The van der Waals surface area contributed by atoms with Gasteiger partial charge in [0.05, 0.1) is 28.9 Å². The zero-order chi connectivity index (χ0) is 19.8. The summed E-state index contributed by atoms with van der Waals surface area (Å²) in [5, 5.41) is 3.59. The van der Waals surface area contributed by atoms with Gasteiger partial charge in [-0.3, -0.25) is 9.59 Å². The molecule has 1 fully saturated rings. The standard InChI is InChI=1S/C21H17N3O4S/c25-20(13-5-6-15-17(11-13)29-12-22-15)23-18-14-3-1-2-4-16(14)28-19(18)21(26)24-7-9-27-10-8-24/h1-6,11-12H,7-10H2,(H,23,25). The Morgan fingerprint density at radius 3 is 2.79 bits per heavy atom. The molecule has 0 aliphatic carbocycles. The van der Waals surface area contributed by atoms with E-state index in [0.29, 0.717) is 48.5 Å². The predicted octanol–water partition coefficient (Wildman–Crippen LogP) is 3.77. The van der Waals surface area contributed by atoms with Crippen LogP contribution in [0.5, 0.6) is 0 Å². The lowest BCUT2D eigenvalue weighted by Crippen LogP contribution is -2.40. The highest BCUT2D eigenvalue weighted by Gasteiger charge is 2.27. The predicted molar refractivity (Wildman–Crippen MR) is 111 cm³/mol. The summed E-state index contributed by atoms with van der Waals surface area (Å²) in [4.78, 5) is 31.9. The number of hydrogen-bond acceptors (Lipinski definition) is 6. The molecule has 2 aromatic carbocycles. The molecule has 0 radical (unpaired) electrons. The second-order valence-corrected chi connectivity index (χ2v) is 7.58. The molecule has 0 spiro atoms. The van der Waals surface area contributed by atoms with Crippen LogP contribution in [0, 0.1) is 0 Å². The first kappa shape index (κ1) is 17.8. The lowest BCUT2D eigenvalue weighted by Gasteiger charge is -2.26. The molecule has 1 N–H and O–H groups in total. The topological polar surface area (TPSA) is 84.7 Å². The van der Waals surface area contributed by atoms with Crippen molar-refractivity contribution in [2.24, 2.45) is 0 Å². The van der Waals surface area contributed by atoms with Gasteiger partial charge in [0.1, 0.15) is 11.3 Å². The van der Waals surface area contributed by atoms with Crippen molar-refractivity contribution < 1.29 is 18.7 Å². The van der Waals surface area contributed by atoms with Gasteiger partial charge in [-0.25, -0.2) is 4.98 Å². The Balaban J connectivity index is 1.52. The summed E-state index contributed by atoms with van der Waals surface area (Å²) in [6, 6.07) is 12.6. The van der Waals surface area contributed by atoms with Gasteiger partial charge in [-0.15, -0.1) is 11.3 Å². The molecule has 29 heavy (non-hydrogen) atoms. The molecule has 0 unspecified atom stereocenters. The second kappa shape index (κ2) is 7.31. The van der Waals surface area contributed by atoms with Crippen LogP contribution < -0.4 is 5.32 Å². The molecule has 8 heteroatoms. The number of carbonyl (C=O) groups excluding carboxylic acids is 2. The zero-order valence-corrected chi connectivity index (χ0v) is 16.2. The van der Waals surface area contributed by atoms with Crippen molar-refractivity contribution in [3.8, 4) is 0 Å². The van der Waals surface area contributed by atoms with E-state index in [0.717, 1.165) is 10.2 Å². The summed E-state index contributed by atoms with van der Waals surface area (Å²) in [6.07, 6.45) is 0. The van der Waals surface area contributed by atoms with Gasteiger partial charge in [-0.1, -0.05) is 12.1 Å². The Morgan fingerprint density at radius 1 is 1.10 bits per heavy atom. The van der Waals surface area contributed by atoms with Gasteiger partial charge >= 0.3 is 0 Å². The Morgan fingerprint density at radius 2 is 1.93 bits per heavy atom. The van der Waals surface area contributed by atoms with Gasteiger partial charge in [0.2, 0.25) is 5.76 Å². The molecule has 1 saturated heterocycles. The first-order valence-electron chi connectivity index (χ1n) is 9.24. The third-order valence-corrected chi connectivity index (χ3v) is 5.71. The zero-order valence-electron chi connectivity index (χ0n) is 15.4. The summed E-state index contributed by atoms with van der Waals surface area (Å²) in [5.74, 6) is -0.416. The van der Waals surface area contributed by atoms with Crippen LogP contribution in [0.2, 0.25) is 0 Å². The van der Waals surface area contributed by atoms with E-state index in [1.54, 1.807) is 28.6 Å². The van der Waals surface area contributed by atoms with Crippen LogP contribution in [0.15, 0.2) is 52.4 Å². The number of thiazole rings is 1. The van der Waals surface area contributed by atoms with Crippen LogP contribution in [-0.4, -0.2) is 48.0 Å². The Kier molecular flexibility index (Phi) is 4.49. The fraction of sp³-hybridized carbons (Fsp3) is 0.190. The highest BCUT2D eigenvalue weighted by atomic mass is 32.1. The van der Waals surface area contributed by atoms with Gasteiger partial charge < -0.3 is 19.4 Å². The number of amides is 2. The first-order valence-corrected chi connectivity index (χ1v) is 10.1. The number of rotatable bonds is 3. The summed E-state index contributed by atoms with van der Waals surface area (Å²) in [6.45, 7) is 1.96. The van der Waals surface area contributed by atoms with Gasteiger partial charge in [-0.2, -0.15) is 0 Å². The average Bonchev–Trinajstić information content (AvgIpc) is 3.38. The van der Waals surface area contributed by atoms with Crippen molar-refractivity contribution in [2.45, 2.75) is 0 Å². The van der Waals surface area contributed by atoms with Crippen LogP contribution in [0.1, 0.15) is 20.9 Å². The Hall–Kier alpha value is -3.23. The largest absolute Gasteiger partial charge is 0.449 e. The quantitative estimate of drug-likeness (QED) is 0.559. The van der Waals surface area contributed by atoms with E-state index < -0.39 is 0 Å². The summed E-state index contributed by atoms with van der Waals surface area (Å²) in [5.41, 5.74) is 4.04. The minimum absolute atomic E-state index is 0.139. The number of carbonyl (C=O) groups is 2. The monoisotopic (exact) mass is 407 g/mol. The number of hydrogen-bond donors (Lipinski definition) is 1. The van der Waals surface area contributed by atoms with Crippen molar-refractivity contribution in [1.29, 1.82) is 0 Å². The summed E-state index contributed by atoms with van der Waals surface area (Å²) < 4.78 is 12.1. The smallest absolute Gasteiger partial charge is 0.291 e. The van der Waals surface area contributed by atoms with Crippen LogP contribution in [0.3, 0.4) is 0 Å². The minimum atomic E-state index is -0.303. The van der Waals surface area contributed by atoms with E-state index in [-0.39, 0.29) is 17.6 Å². The average molecular weight is 407 g/mol. The molecule has 3 heterocycles. The lowest BCUT2D eigenvalue weighted by molar-refractivity contribution is 0.0285. The third kappa shape index (κ3) is 3.26. The fourth-order valence-corrected chi connectivity index (χ4v) is 4.13. The maximum atomic E-state index is 13.1. The van der Waals surface area contributed by atoms with E-state index in [2.05, 4.69) is 10.3 Å². The molecule has 0 bridgehead atoms. The number of nitrogens with zero attached hydrogens (tertiary/aromatic N) is 2. The molecule has 0 atom stereocenters. The van der Waals surface area contributed by atoms with E-state index in [1.165, 1.54) is 11.3 Å². The van der Waals surface area contributed by atoms with Gasteiger partial charge in [0.25, 0.3) is 11.8 Å². The maximum Gasteiger partial charge on any atom is 0.291 e. The van der Waals surface area contributed by atoms with Crippen molar-refractivity contribution in [1.82, 2.24) is 9.88 Å². The van der Waals surface area contributed by atoms with Gasteiger partial charge in [-0.05, 0) is 30.3 Å². The number of anilines is 1. The van der Waals surface area contributed by atoms with E-state index in [1.807, 2.05) is 24.3 Å². The molecule has 1 aliphatic heterocycles. The number of ether oxygens (including phenoxy) is 1. The number of para-hydroxylation sites is 1. The normalized spacial score (nSPS) is 14.4.